The Balaban J connectivity index is 2.49. The highest BCUT2D eigenvalue weighted by atomic mass is 16.2. The molecule has 1 rings (SSSR count). The van der Waals surface area contributed by atoms with E-state index in [1.54, 1.807) is 13.8 Å². The molecule has 0 saturated carbocycles. The second kappa shape index (κ2) is 5.46. The first-order chi connectivity index (χ1) is 8.59. The van der Waals surface area contributed by atoms with Crippen LogP contribution in [0.2, 0.25) is 0 Å². The summed E-state index contributed by atoms with van der Waals surface area (Å²) in [7, 11) is 1.97. The fourth-order valence-corrected chi connectivity index (χ4v) is 2.17. The van der Waals surface area contributed by atoms with Gasteiger partial charge in [-0.05, 0) is 32.9 Å². The molecule has 0 atom stereocenters. The van der Waals surface area contributed by atoms with E-state index in [4.69, 9.17) is 5.73 Å². The number of nitrogens with two attached hydrogens (primary N) is 1. The van der Waals surface area contributed by atoms with Gasteiger partial charge in [0.2, 0.25) is 0 Å². The second-order valence-electron chi connectivity index (χ2n) is 6.62. The van der Waals surface area contributed by atoms with Crippen LogP contribution in [0.15, 0.2) is 0 Å². The molecule has 3 N–H and O–H groups in total. The summed E-state index contributed by atoms with van der Waals surface area (Å²) in [6.07, 6.45) is 0. The lowest BCUT2D eigenvalue weighted by molar-refractivity contribution is -0.130. The van der Waals surface area contributed by atoms with Crippen molar-refractivity contribution in [2.45, 2.75) is 33.2 Å². The van der Waals surface area contributed by atoms with Gasteiger partial charge in [0.05, 0.1) is 0 Å². The van der Waals surface area contributed by atoms with Crippen molar-refractivity contribution < 1.29 is 9.59 Å². The van der Waals surface area contributed by atoms with Gasteiger partial charge >= 0.3 is 6.03 Å². The van der Waals surface area contributed by atoms with Gasteiger partial charge in [0, 0.05) is 19.6 Å². The van der Waals surface area contributed by atoms with E-state index < -0.39 is 5.54 Å². The molecular formula is C13H26N4O2. The van der Waals surface area contributed by atoms with Gasteiger partial charge in [-0.1, -0.05) is 13.8 Å². The van der Waals surface area contributed by atoms with Gasteiger partial charge in [0.15, 0.2) is 0 Å². The monoisotopic (exact) mass is 270 g/mol. The summed E-state index contributed by atoms with van der Waals surface area (Å²) < 4.78 is 0. The summed E-state index contributed by atoms with van der Waals surface area (Å²) in [5.41, 5.74) is 4.94. The van der Waals surface area contributed by atoms with Crippen molar-refractivity contribution in [1.82, 2.24) is 15.1 Å². The molecule has 1 fully saturated rings. The van der Waals surface area contributed by atoms with Crippen molar-refractivity contribution in [3.63, 3.8) is 0 Å². The summed E-state index contributed by atoms with van der Waals surface area (Å²) >= 11 is 0. The summed E-state index contributed by atoms with van der Waals surface area (Å²) in [5, 5.41) is 2.68. The summed E-state index contributed by atoms with van der Waals surface area (Å²) in [5.74, 6) is -0.163. The Morgan fingerprint density at radius 1 is 1.37 bits per heavy atom. The highest BCUT2D eigenvalue weighted by molar-refractivity contribution is 6.06. The first-order valence-corrected chi connectivity index (χ1v) is 6.62. The number of rotatable bonds is 6. The molecule has 0 aromatic heterocycles. The van der Waals surface area contributed by atoms with E-state index in [1.165, 1.54) is 4.90 Å². The van der Waals surface area contributed by atoms with Crippen LogP contribution in [-0.2, 0) is 4.79 Å². The average Bonchev–Trinajstić information content (AvgIpc) is 2.46. The zero-order valence-corrected chi connectivity index (χ0v) is 12.6. The van der Waals surface area contributed by atoms with Crippen LogP contribution in [0.5, 0.6) is 0 Å². The summed E-state index contributed by atoms with van der Waals surface area (Å²) in [4.78, 5) is 27.1. The standard InChI is InChI=1S/C13H26N4O2/c1-12(2,8-14)9-16(5)6-7-17-10(18)13(3,4)15-11(17)19/h6-9,14H2,1-5H3,(H,15,19). The number of hydrogen-bond acceptors (Lipinski definition) is 4. The van der Waals surface area contributed by atoms with E-state index in [1.807, 2.05) is 7.05 Å². The molecule has 1 aliphatic heterocycles. The van der Waals surface area contributed by atoms with Crippen LogP contribution < -0.4 is 11.1 Å². The zero-order valence-electron chi connectivity index (χ0n) is 12.6. The smallest absolute Gasteiger partial charge is 0.325 e. The predicted octanol–water partition coefficient (Wildman–Crippen LogP) is 0.234. The fraction of sp³-hybridized carbons (Fsp3) is 0.846. The molecule has 1 heterocycles. The van der Waals surface area contributed by atoms with Crippen LogP contribution >= 0.6 is 0 Å². The van der Waals surface area contributed by atoms with Crippen molar-refractivity contribution in [2.24, 2.45) is 11.1 Å². The maximum absolute atomic E-state index is 12.0. The number of nitrogens with zero attached hydrogens (tertiary/aromatic N) is 2. The fourth-order valence-electron chi connectivity index (χ4n) is 2.17. The van der Waals surface area contributed by atoms with Crippen molar-refractivity contribution in [3.8, 4) is 0 Å². The quantitative estimate of drug-likeness (QED) is 0.677. The molecular weight excluding hydrogens is 244 g/mol. The van der Waals surface area contributed by atoms with Crippen LogP contribution in [0.4, 0.5) is 4.79 Å². The molecule has 6 heteroatoms. The third kappa shape index (κ3) is 3.91. The molecule has 19 heavy (non-hydrogen) atoms. The van der Waals surface area contributed by atoms with E-state index in [0.717, 1.165) is 6.54 Å². The second-order valence-corrected chi connectivity index (χ2v) is 6.62. The van der Waals surface area contributed by atoms with E-state index in [9.17, 15) is 9.59 Å². The number of nitrogens with one attached hydrogen (secondary N) is 1. The molecule has 1 saturated heterocycles. The number of likely N-dealkylation sites (N-methyl/N-ethyl adjacent to an activating group) is 1. The van der Waals surface area contributed by atoms with E-state index >= 15 is 0 Å². The van der Waals surface area contributed by atoms with Gasteiger partial charge in [-0.15, -0.1) is 0 Å². The Kier molecular flexibility index (Phi) is 4.58. The molecule has 0 spiro atoms. The van der Waals surface area contributed by atoms with Gasteiger partial charge in [-0.2, -0.15) is 0 Å². The Morgan fingerprint density at radius 2 is 1.95 bits per heavy atom. The number of amides is 3. The van der Waals surface area contributed by atoms with Crippen molar-refractivity contribution in [3.05, 3.63) is 0 Å². The first-order valence-electron chi connectivity index (χ1n) is 6.62. The van der Waals surface area contributed by atoms with Crippen molar-refractivity contribution >= 4 is 11.9 Å². The van der Waals surface area contributed by atoms with Gasteiger partial charge in [0.1, 0.15) is 5.54 Å². The predicted molar refractivity (Wildman–Crippen MR) is 74.7 cm³/mol. The normalized spacial score (nSPS) is 19.2. The molecule has 0 bridgehead atoms. The molecule has 3 amide bonds. The largest absolute Gasteiger partial charge is 0.330 e. The first kappa shape index (κ1) is 15.9. The van der Waals surface area contributed by atoms with E-state index in [-0.39, 0.29) is 17.4 Å². The zero-order chi connectivity index (χ0) is 14.8. The van der Waals surface area contributed by atoms with E-state index in [0.29, 0.717) is 19.6 Å². The third-order valence-corrected chi connectivity index (χ3v) is 3.40. The third-order valence-electron chi connectivity index (χ3n) is 3.40. The molecule has 110 valence electrons. The number of hydrogen-bond donors (Lipinski definition) is 2. The number of imide groups is 1. The van der Waals surface area contributed by atoms with Crippen molar-refractivity contribution in [1.29, 1.82) is 0 Å². The summed E-state index contributed by atoms with van der Waals surface area (Å²) in [6, 6.07) is -0.304. The molecule has 0 unspecified atom stereocenters. The Hall–Kier alpha value is -1.14. The molecule has 0 aromatic rings. The number of carbonyl (C=O) groups excluding carboxylic acids is 2. The van der Waals surface area contributed by atoms with Crippen LogP contribution in [0.1, 0.15) is 27.7 Å². The molecule has 0 radical (unpaired) electrons. The minimum Gasteiger partial charge on any atom is -0.330 e. The van der Waals surface area contributed by atoms with E-state index in [2.05, 4.69) is 24.1 Å². The Labute approximate surface area is 115 Å². The molecule has 0 aliphatic carbocycles. The average molecular weight is 270 g/mol. The maximum Gasteiger partial charge on any atom is 0.325 e. The van der Waals surface area contributed by atoms with Gasteiger partial charge in [-0.3, -0.25) is 9.69 Å². The van der Waals surface area contributed by atoms with Gasteiger partial charge < -0.3 is 16.0 Å². The topological polar surface area (TPSA) is 78.7 Å². The van der Waals surface area contributed by atoms with Crippen LogP contribution in [0, 0.1) is 5.41 Å². The minimum atomic E-state index is -0.786. The van der Waals surface area contributed by atoms with Crippen molar-refractivity contribution in [2.75, 3.05) is 33.2 Å². The van der Waals surface area contributed by atoms with Gasteiger partial charge in [-0.25, -0.2) is 4.79 Å². The lowest BCUT2D eigenvalue weighted by Gasteiger charge is -2.29. The number of urea groups is 1. The lowest BCUT2D eigenvalue weighted by atomic mass is 9.93. The van der Waals surface area contributed by atoms with Crippen LogP contribution in [0.3, 0.4) is 0 Å². The molecule has 0 aromatic carbocycles. The highest BCUT2D eigenvalue weighted by Crippen LogP contribution is 2.17. The maximum atomic E-state index is 12.0. The van der Waals surface area contributed by atoms with Crippen LogP contribution in [-0.4, -0.2) is 60.5 Å². The minimum absolute atomic E-state index is 0.0330. The molecule has 6 nitrogen and oxygen atoms in total. The number of carbonyl (C=O) groups is 2. The Morgan fingerprint density at radius 3 is 2.37 bits per heavy atom. The highest BCUT2D eigenvalue weighted by Gasteiger charge is 2.43. The van der Waals surface area contributed by atoms with Crippen LogP contribution in [0.25, 0.3) is 0 Å². The Bertz CT molecular complexity index is 366. The van der Waals surface area contributed by atoms with Gasteiger partial charge in [0.25, 0.3) is 5.91 Å². The SMILES string of the molecule is CN(CCN1C(=O)NC(C)(C)C1=O)CC(C)(C)CN. The molecule has 1 aliphatic rings. The summed E-state index contributed by atoms with van der Waals surface area (Å²) in [6.45, 7) is 10.1. The lowest BCUT2D eigenvalue weighted by Crippen LogP contribution is -2.43.